The first kappa shape index (κ1) is 12.0. The van der Waals surface area contributed by atoms with Gasteiger partial charge in [-0.2, -0.15) is 0 Å². The lowest BCUT2D eigenvalue weighted by Crippen LogP contribution is -2.04. The van der Waals surface area contributed by atoms with Gasteiger partial charge in [-0.05, 0) is 41.6 Å². The van der Waals surface area contributed by atoms with Crippen LogP contribution in [0.4, 0.5) is 11.5 Å². The SMILES string of the molecule is Cc1c(N)cccc1CNc1nccc2sccc12. The number of nitrogens with two attached hydrogens (primary N) is 1. The highest BCUT2D eigenvalue weighted by molar-refractivity contribution is 7.17. The molecular formula is C15H15N3S. The van der Waals surface area contributed by atoms with E-state index in [1.165, 1.54) is 15.6 Å². The van der Waals surface area contributed by atoms with E-state index in [0.717, 1.165) is 23.6 Å². The fraction of sp³-hybridized carbons (Fsp3) is 0.133. The van der Waals surface area contributed by atoms with Crippen molar-refractivity contribution in [3.63, 3.8) is 0 Å². The van der Waals surface area contributed by atoms with E-state index in [4.69, 9.17) is 5.73 Å². The smallest absolute Gasteiger partial charge is 0.134 e. The van der Waals surface area contributed by atoms with Crippen molar-refractivity contribution < 1.29 is 0 Å². The van der Waals surface area contributed by atoms with Crippen LogP contribution in [0.5, 0.6) is 0 Å². The fourth-order valence-electron chi connectivity index (χ4n) is 2.11. The van der Waals surface area contributed by atoms with Crippen molar-refractivity contribution in [2.45, 2.75) is 13.5 Å². The number of thiophene rings is 1. The molecule has 3 N–H and O–H groups in total. The summed E-state index contributed by atoms with van der Waals surface area (Å²) in [5.74, 6) is 0.931. The van der Waals surface area contributed by atoms with Crippen LogP contribution in [0.2, 0.25) is 0 Å². The van der Waals surface area contributed by atoms with Gasteiger partial charge < -0.3 is 11.1 Å². The molecule has 0 radical (unpaired) electrons. The summed E-state index contributed by atoms with van der Waals surface area (Å²) in [5.41, 5.74) is 9.09. The number of anilines is 2. The largest absolute Gasteiger partial charge is 0.399 e. The van der Waals surface area contributed by atoms with Gasteiger partial charge in [-0.3, -0.25) is 0 Å². The van der Waals surface area contributed by atoms with E-state index in [0.29, 0.717) is 0 Å². The molecule has 0 saturated carbocycles. The number of fused-ring (bicyclic) bond motifs is 1. The zero-order valence-electron chi connectivity index (χ0n) is 10.7. The molecule has 3 rings (SSSR count). The molecule has 1 aromatic carbocycles. The molecule has 0 saturated heterocycles. The molecule has 0 fully saturated rings. The van der Waals surface area contributed by atoms with Gasteiger partial charge in [0, 0.05) is 28.5 Å². The van der Waals surface area contributed by atoms with Crippen LogP contribution in [-0.2, 0) is 6.54 Å². The van der Waals surface area contributed by atoms with Gasteiger partial charge in [-0.1, -0.05) is 12.1 Å². The highest BCUT2D eigenvalue weighted by atomic mass is 32.1. The minimum Gasteiger partial charge on any atom is -0.399 e. The maximum Gasteiger partial charge on any atom is 0.134 e. The molecule has 2 aromatic heterocycles. The van der Waals surface area contributed by atoms with E-state index in [1.54, 1.807) is 11.3 Å². The number of nitrogens with zero attached hydrogens (tertiary/aromatic N) is 1. The lowest BCUT2D eigenvalue weighted by Gasteiger charge is -2.10. The predicted octanol–water partition coefficient (Wildman–Crippen LogP) is 3.80. The first-order valence-corrected chi connectivity index (χ1v) is 7.04. The Morgan fingerprint density at radius 1 is 1.26 bits per heavy atom. The Morgan fingerprint density at radius 2 is 2.16 bits per heavy atom. The van der Waals surface area contributed by atoms with Gasteiger partial charge in [0.1, 0.15) is 5.82 Å². The summed E-state index contributed by atoms with van der Waals surface area (Å²) in [5, 5.41) is 6.66. The standard InChI is InChI=1S/C15H15N3S/c1-10-11(3-2-4-13(10)16)9-18-15-12-6-8-19-14(12)5-7-17-15/h2-8H,9,16H2,1H3,(H,17,18). The number of rotatable bonds is 3. The van der Waals surface area contributed by atoms with Crippen molar-refractivity contribution in [1.82, 2.24) is 4.98 Å². The van der Waals surface area contributed by atoms with E-state index in [2.05, 4.69) is 27.8 Å². The minimum atomic E-state index is 0.735. The highest BCUT2D eigenvalue weighted by Gasteiger charge is 2.05. The van der Waals surface area contributed by atoms with Gasteiger partial charge in [0.2, 0.25) is 0 Å². The molecule has 0 bridgehead atoms. The average Bonchev–Trinajstić information content (AvgIpc) is 2.89. The number of nitrogens with one attached hydrogen (secondary N) is 1. The Hall–Kier alpha value is -2.07. The Morgan fingerprint density at radius 3 is 3.05 bits per heavy atom. The number of aromatic nitrogens is 1. The fourth-order valence-corrected chi connectivity index (χ4v) is 2.89. The minimum absolute atomic E-state index is 0.735. The summed E-state index contributed by atoms with van der Waals surface area (Å²) < 4.78 is 1.25. The van der Waals surface area contributed by atoms with Crippen molar-refractivity contribution in [2.75, 3.05) is 11.1 Å². The highest BCUT2D eigenvalue weighted by Crippen LogP contribution is 2.26. The summed E-state index contributed by atoms with van der Waals surface area (Å²) in [6.07, 6.45) is 1.84. The summed E-state index contributed by atoms with van der Waals surface area (Å²) in [6.45, 7) is 2.78. The molecule has 0 aliphatic rings. The normalized spacial score (nSPS) is 10.8. The van der Waals surface area contributed by atoms with Gasteiger partial charge >= 0.3 is 0 Å². The summed E-state index contributed by atoms with van der Waals surface area (Å²) in [7, 11) is 0. The van der Waals surface area contributed by atoms with Crippen LogP contribution in [0, 0.1) is 6.92 Å². The van der Waals surface area contributed by atoms with Crippen LogP contribution in [0.15, 0.2) is 41.9 Å². The van der Waals surface area contributed by atoms with Crippen LogP contribution in [0.25, 0.3) is 10.1 Å². The van der Waals surface area contributed by atoms with Gasteiger partial charge in [0.15, 0.2) is 0 Å². The summed E-state index contributed by atoms with van der Waals surface area (Å²) in [4.78, 5) is 4.41. The monoisotopic (exact) mass is 269 g/mol. The van der Waals surface area contributed by atoms with E-state index in [-0.39, 0.29) is 0 Å². The van der Waals surface area contributed by atoms with E-state index >= 15 is 0 Å². The molecule has 3 nitrogen and oxygen atoms in total. The number of benzene rings is 1. The van der Waals surface area contributed by atoms with E-state index in [1.807, 2.05) is 31.3 Å². The van der Waals surface area contributed by atoms with E-state index < -0.39 is 0 Å². The molecule has 2 heterocycles. The van der Waals surface area contributed by atoms with Crippen molar-refractivity contribution in [2.24, 2.45) is 0 Å². The molecule has 19 heavy (non-hydrogen) atoms. The zero-order chi connectivity index (χ0) is 13.2. The average molecular weight is 269 g/mol. The van der Waals surface area contributed by atoms with Crippen LogP contribution < -0.4 is 11.1 Å². The van der Waals surface area contributed by atoms with Crippen molar-refractivity contribution in [3.8, 4) is 0 Å². The molecule has 96 valence electrons. The number of hydrogen-bond donors (Lipinski definition) is 2. The molecule has 0 spiro atoms. The van der Waals surface area contributed by atoms with Gasteiger partial charge in [0.25, 0.3) is 0 Å². The first-order chi connectivity index (χ1) is 9.25. The number of nitrogen functional groups attached to an aromatic ring is 1. The van der Waals surface area contributed by atoms with Crippen molar-refractivity contribution in [3.05, 3.63) is 53.0 Å². The molecule has 4 heteroatoms. The third-order valence-electron chi connectivity index (χ3n) is 3.31. The molecule has 0 unspecified atom stereocenters. The van der Waals surface area contributed by atoms with Crippen molar-refractivity contribution >= 4 is 32.9 Å². The molecule has 0 aliphatic carbocycles. The maximum absolute atomic E-state index is 5.92. The summed E-state index contributed by atoms with van der Waals surface area (Å²) in [6, 6.07) is 10.1. The Kier molecular flexibility index (Phi) is 3.09. The Labute approximate surface area is 116 Å². The van der Waals surface area contributed by atoms with E-state index in [9.17, 15) is 0 Å². The van der Waals surface area contributed by atoms with Gasteiger partial charge in [0.05, 0.1) is 0 Å². The number of hydrogen-bond acceptors (Lipinski definition) is 4. The second-order valence-corrected chi connectivity index (χ2v) is 5.42. The molecule has 0 aliphatic heterocycles. The zero-order valence-corrected chi connectivity index (χ0v) is 11.5. The Bertz CT molecular complexity index is 718. The second kappa shape index (κ2) is 4.90. The topological polar surface area (TPSA) is 50.9 Å². The number of pyridine rings is 1. The molecule has 0 atom stereocenters. The third kappa shape index (κ3) is 2.27. The second-order valence-electron chi connectivity index (χ2n) is 4.48. The van der Waals surface area contributed by atoms with Crippen LogP contribution in [-0.4, -0.2) is 4.98 Å². The summed E-state index contributed by atoms with van der Waals surface area (Å²) >= 11 is 1.73. The molecule has 0 amide bonds. The van der Waals surface area contributed by atoms with Crippen LogP contribution in [0.3, 0.4) is 0 Å². The quantitative estimate of drug-likeness (QED) is 0.711. The molecular weight excluding hydrogens is 254 g/mol. The third-order valence-corrected chi connectivity index (χ3v) is 4.20. The van der Waals surface area contributed by atoms with Crippen molar-refractivity contribution in [1.29, 1.82) is 0 Å². The Balaban J connectivity index is 1.86. The lowest BCUT2D eigenvalue weighted by molar-refractivity contribution is 1.10. The maximum atomic E-state index is 5.92. The predicted molar refractivity (Wildman–Crippen MR) is 82.5 cm³/mol. The van der Waals surface area contributed by atoms with Gasteiger partial charge in [-0.15, -0.1) is 11.3 Å². The molecule has 3 aromatic rings. The lowest BCUT2D eigenvalue weighted by atomic mass is 10.1. The first-order valence-electron chi connectivity index (χ1n) is 6.16. The van der Waals surface area contributed by atoms with Crippen LogP contribution in [0.1, 0.15) is 11.1 Å². The van der Waals surface area contributed by atoms with Gasteiger partial charge in [-0.25, -0.2) is 4.98 Å². The van der Waals surface area contributed by atoms with Crippen LogP contribution >= 0.6 is 11.3 Å².